The topological polar surface area (TPSA) is 77.1 Å². The van der Waals surface area contributed by atoms with Crippen molar-refractivity contribution in [2.45, 2.75) is 6.92 Å². The molecule has 2 aliphatic heterocycles. The number of hydrogen-bond acceptors (Lipinski definition) is 5. The molecule has 1 aromatic rings. The summed E-state index contributed by atoms with van der Waals surface area (Å²) >= 11 is 0. The lowest BCUT2D eigenvalue weighted by molar-refractivity contribution is -0.129. The highest BCUT2D eigenvalue weighted by atomic mass is 16.2. The quantitative estimate of drug-likeness (QED) is 0.701. The third-order valence-electron chi connectivity index (χ3n) is 4.80. The average Bonchev–Trinajstić information content (AvgIpc) is 2.67. The Bertz CT molecular complexity index is 649. The monoisotopic (exact) mass is 345 g/mol. The molecule has 2 fully saturated rings. The van der Waals surface area contributed by atoms with Crippen molar-refractivity contribution in [3.05, 3.63) is 24.0 Å². The van der Waals surface area contributed by atoms with E-state index in [9.17, 15) is 14.4 Å². The molecule has 0 saturated carbocycles. The smallest absolute Gasteiger partial charge is 0.272 e. The van der Waals surface area contributed by atoms with E-state index in [0.29, 0.717) is 45.0 Å². The van der Waals surface area contributed by atoms with Gasteiger partial charge in [0.25, 0.3) is 5.91 Å². The van der Waals surface area contributed by atoms with Gasteiger partial charge >= 0.3 is 0 Å². The molecule has 0 N–H and O–H groups in total. The lowest BCUT2D eigenvalue weighted by Crippen LogP contribution is -2.49. The van der Waals surface area contributed by atoms with Gasteiger partial charge in [-0.2, -0.15) is 0 Å². The highest BCUT2D eigenvalue weighted by Crippen LogP contribution is 2.18. The van der Waals surface area contributed by atoms with Gasteiger partial charge in [0, 0.05) is 71.2 Å². The summed E-state index contributed by atoms with van der Waals surface area (Å²) in [6, 6.07) is 3.71. The molecule has 0 atom stereocenters. The maximum atomic E-state index is 12.7. The third kappa shape index (κ3) is 3.89. The van der Waals surface area contributed by atoms with Crippen LogP contribution in [-0.4, -0.2) is 90.3 Å². The SMILES string of the molecule is CC(=O)N1CCN(c2ccnc(C(=O)N3CCN(C=O)CC3)c2)CC1. The van der Waals surface area contributed by atoms with Crippen molar-refractivity contribution in [2.75, 3.05) is 57.3 Å². The van der Waals surface area contributed by atoms with Crippen LogP contribution in [0.5, 0.6) is 0 Å². The van der Waals surface area contributed by atoms with Crippen LogP contribution >= 0.6 is 0 Å². The lowest BCUT2D eigenvalue weighted by Gasteiger charge is -2.36. The van der Waals surface area contributed by atoms with E-state index in [1.807, 2.05) is 17.0 Å². The molecule has 3 rings (SSSR count). The van der Waals surface area contributed by atoms with Crippen molar-refractivity contribution in [1.29, 1.82) is 0 Å². The first-order chi connectivity index (χ1) is 12.1. The van der Waals surface area contributed by atoms with Crippen LogP contribution in [0, 0.1) is 0 Å². The van der Waals surface area contributed by atoms with Gasteiger partial charge in [-0.3, -0.25) is 19.4 Å². The zero-order chi connectivity index (χ0) is 17.8. The van der Waals surface area contributed by atoms with Crippen LogP contribution in [0.25, 0.3) is 0 Å². The Hall–Kier alpha value is -2.64. The number of piperazine rings is 2. The molecule has 25 heavy (non-hydrogen) atoms. The molecule has 134 valence electrons. The first-order valence-corrected chi connectivity index (χ1v) is 8.53. The summed E-state index contributed by atoms with van der Waals surface area (Å²) in [5, 5.41) is 0. The van der Waals surface area contributed by atoms with Crippen molar-refractivity contribution in [1.82, 2.24) is 19.7 Å². The Labute approximate surface area is 147 Å². The standard InChI is InChI=1S/C17H23N5O3/c1-14(24)20-8-10-21(11-9-20)15-2-3-18-16(12-15)17(25)22-6-4-19(13-23)5-7-22/h2-3,12-13H,4-11H2,1H3. The minimum Gasteiger partial charge on any atom is -0.368 e. The Morgan fingerprint density at radius 1 is 1.00 bits per heavy atom. The fraction of sp³-hybridized carbons (Fsp3) is 0.529. The zero-order valence-electron chi connectivity index (χ0n) is 14.4. The van der Waals surface area contributed by atoms with Gasteiger partial charge in [-0.05, 0) is 12.1 Å². The van der Waals surface area contributed by atoms with Crippen molar-refractivity contribution in [2.24, 2.45) is 0 Å². The summed E-state index contributed by atoms with van der Waals surface area (Å²) in [4.78, 5) is 46.5. The molecular formula is C17H23N5O3. The van der Waals surface area contributed by atoms with Gasteiger partial charge in [-0.1, -0.05) is 0 Å². The van der Waals surface area contributed by atoms with Gasteiger partial charge in [-0.25, -0.2) is 0 Å². The van der Waals surface area contributed by atoms with Crippen LogP contribution in [0.2, 0.25) is 0 Å². The number of pyridine rings is 1. The number of carbonyl (C=O) groups excluding carboxylic acids is 3. The van der Waals surface area contributed by atoms with Crippen LogP contribution in [0.1, 0.15) is 17.4 Å². The van der Waals surface area contributed by atoms with Gasteiger partial charge in [0.2, 0.25) is 12.3 Å². The van der Waals surface area contributed by atoms with Crippen LogP contribution < -0.4 is 4.90 Å². The predicted octanol–water partition coefficient (Wildman–Crippen LogP) is -0.336. The molecule has 0 unspecified atom stereocenters. The number of anilines is 1. The molecule has 1 aromatic heterocycles. The largest absolute Gasteiger partial charge is 0.368 e. The molecular weight excluding hydrogens is 322 g/mol. The number of rotatable bonds is 3. The summed E-state index contributed by atoms with van der Waals surface area (Å²) < 4.78 is 0. The van der Waals surface area contributed by atoms with Crippen LogP contribution in [-0.2, 0) is 9.59 Å². The molecule has 0 aromatic carbocycles. The number of carbonyl (C=O) groups is 3. The third-order valence-corrected chi connectivity index (χ3v) is 4.80. The molecule has 0 aliphatic carbocycles. The molecule has 3 amide bonds. The lowest BCUT2D eigenvalue weighted by atomic mass is 10.2. The number of hydrogen-bond donors (Lipinski definition) is 0. The summed E-state index contributed by atoms with van der Waals surface area (Å²) in [7, 11) is 0. The summed E-state index contributed by atoms with van der Waals surface area (Å²) in [6.07, 6.45) is 2.48. The maximum absolute atomic E-state index is 12.7. The first kappa shape index (κ1) is 17.2. The Morgan fingerprint density at radius 3 is 2.24 bits per heavy atom. The van der Waals surface area contributed by atoms with Gasteiger partial charge < -0.3 is 19.6 Å². The average molecular weight is 345 g/mol. The van der Waals surface area contributed by atoms with Crippen molar-refractivity contribution in [3.63, 3.8) is 0 Å². The minimum absolute atomic E-state index is 0.0970. The molecule has 2 aliphatic rings. The summed E-state index contributed by atoms with van der Waals surface area (Å²) in [5.74, 6) is -0.00511. The Balaban J connectivity index is 1.64. The minimum atomic E-state index is -0.102. The number of amides is 3. The normalized spacial score (nSPS) is 18.3. The van der Waals surface area contributed by atoms with Gasteiger partial charge in [0.1, 0.15) is 5.69 Å². The summed E-state index contributed by atoms with van der Waals surface area (Å²) in [6.45, 7) is 6.63. The van der Waals surface area contributed by atoms with Gasteiger partial charge in [-0.15, -0.1) is 0 Å². The second-order valence-corrected chi connectivity index (χ2v) is 6.33. The fourth-order valence-corrected chi connectivity index (χ4v) is 3.21. The molecule has 0 radical (unpaired) electrons. The van der Waals surface area contributed by atoms with E-state index in [2.05, 4.69) is 9.88 Å². The van der Waals surface area contributed by atoms with Crippen LogP contribution in [0.15, 0.2) is 18.3 Å². The molecule has 0 spiro atoms. The highest BCUT2D eigenvalue weighted by molar-refractivity contribution is 5.93. The van der Waals surface area contributed by atoms with E-state index >= 15 is 0 Å². The van der Waals surface area contributed by atoms with E-state index in [1.165, 1.54) is 0 Å². The second-order valence-electron chi connectivity index (χ2n) is 6.33. The second kappa shape index (κ2) is 7.50. The van der Waals surface area contributed by atoms with Gasteiger partial charge in [0.15, 0.2) is 0 Å². The van der Waals surface area contributed by atoms with Gasteiger partial charge in [0.05, 0.1) is 0 Å². The van der Waals surface area contributed by atoms with E-state index in [-0.39, 0.29) is 11.8 Å². The molecule has 2 saturated heterocycles. The molecule has 8 heteroatoms. The molecule has 3 heterocycles. The van der Waals surface area contributed by atoms with E-state index in [0.717, 1.165) is 25.2 Å². The van der Waals surface area contributed by atoms with Crippen molar-refractivity contribution >= 4 is 23.9 Å². The summed E-state index contributed by atoms with van der Waals surface area (Å²) in [5.41, 5.74) is 1.37. The maximum Gasteiger partial charge on any atom is 0.272 e. The Morgan fingerprint density at radius 2 is 1.64 bits per heavy atom. The number of nitrogens with zero attached hydrogens (tertiary/aromatic N) is 5. The van der Waals surface area contributed by atoms with E-state index < -0.39 is 0 Å². The van der Waals surface area contributed by atoms with Crippen molar-refractivity contribution in [3.8, 4) is 0 Å². The number of aromatic nitrogens is 1. The Kier molecular flexibility index (Phi) is 5.16. The van der Waals surface area contributed by atoms with E-state index in [4.69, 9.17) is 0 Å². The van der Waals surface area contributed by atoms with Crippen LogP contribution in [0.4, 0.5) is 5.69 Å². The fourth-order valence-electron chi connectivity index (χ4n) is 3.21. The van der Waals surface area contributed by atoms with Crippen molar-refractivity contribution < 1.29 is 14.4 Å². The van der Waals surface area contributed by atoms with E-state index in [1.54, 1.807) is 22.9 Å². The highest BCUT2D eigenvalue weighted by Gasteiger charge is 2.24. The van der Waals surface area contributed by atoms with Crippen LogP contribution in [0.3, 0.4) is 0 Å². The predicted molar refractivity (Wildman–Crippen MR) is 92.2 cm³/mol. The zero-order valence-corrected chi connectivity index (χ0v) is 14.4. The molecule has 8 nitrogen and oxygen atoms in total. The molecule has 0 bridgehead atoms. The first-order valence-electron chi connectivity index (χ1n) is 8.53.